The fourth-order valence-corrected chi connectivity index (χ4v) is 2.57. The average Bonchev–Trinajstić information content (AvgIpc) is 2.44. The summed E-state index contributed by atoms with van der Waals surface area (Å²) in [5.41, 5.74) is 13.6. The Labute approximate surface area is 136 Å². The largest absolute Gasteiger partial charge is 0.383 e. The molecule has 2 heterocycles. The molecule has 7 heteroatoms. The van der Waals surface area contributed by atoms with E-state index in [1.54, 1.807) is 12.3 Å². The monoisotopic (exact) mass is 331 g/mol. The third kappa shape index (κ3) is 3.10. The zero-order chi connectivity index (χ0) is 15.7. The van der Waals surface area contributed by atoms with E-state index in [-0.39, 0.29) is 5.95 Å². The van der Waals surface area contributed by atoms with Gasteiger partial charge in [0.25, 0.3) is 0 Å². The van der Waals surface area contributed by atoms with Crippen molar-refractivity contribution in [1.82, 2.24) is 15.0 Å². The smallest absolute Gasteiger partial charge is 0.224 e. The second-order valence-corrected chi connectivity index (χ2v) is 5.52. The van der Waals surface area contributed by atoms with Crippen LogP contribution < -0.4 is 11.5 Å². The Morgan fingerprint density at radius 2 is 1.55 bits per heavy atom. The highest BCUT2D eigenvalue weighted by molar-refractivity contribution is 6.34. The number of aromatic nitrogens is 3. The highest BCUT2D eigenvalue weighted by atomic mass is 35.5. The first kappa shape index (κ1) is 14.6. The van der Waals surface area contributed by atoms with Gasteiger partial charge in [0.1, 0.15) is 5.82 Å². The van der Waals surface area contributed by atoms with Crippen LogP contribution in [-0.4, -0.2) is 15.0 Å². The van der Waals surface area contributed by atoms with Gasteiger partial charge in [-0.25, -0.2) is 4.98 Å². The van der Waals surface area contributed by atoms with E-state index in [0.717, 1.165) is 11.1 Å². The summed E-state index contributed by atoms with van der Waals surface area (Å²) < 4.78 is 0. The SMILES string of the molecule is Nc1nc(N)c2cc(/C=C/c3cc(Cl)cc(Cl)c3)cnc2n1. The van der Waals surface area contributed by atoms with Crippen LogP contribution in [0.4, 0.5) is 11.8 Å². The van der Waals surface area contributed by atoms with Gasteiger partial charge in [-0.05, 0) is 35.4 Å². The Morgan fingerprint density at radius 1 is 0.864 bits per heavy atom. The zero-order valence-electron chi connectivity index (χ0n) is 11.3. The van der Waals surface area contributed by atoms with E-state index in [1.807, 2.05) is 30.4 Å². The van der Waals surface area contributed by atoms with Crippen molar-refractivity contribution in [2.45, 2.75) is 0 Å². The van der Waals surface area contributed by atoms with Gasteiger partial charge in [-0.2, -0.15) is 9.97 Å². The van der Waals surface area contributed by atoms with Crippen LogP contribution in [0.5, 0.6) is 0 Å². The van der Waals surface area contributed by atoms with Crippen molar-refractivity contribution in [3.63, 3.8) is 0 Å². The number of fused-ring (bicyclic) bond motifs is 1. The minimum Gasteiger partial charge on any atom is -0.383 e. The first-order valence-electron chi connectivity index (χ1n) is 6.34. The van der Waals surface area contributed by atoms with Crippen LogP contribution in [0.2, 0.25) is 10.0 Å². The van der Waals surface area contributed by atoms with E-state index in [4.69, 9.17) is 34.7 Å². The fraction of sp³-hybridized carbons (Fsp3) is 0. The van der Waals surface area contributed by atoms with E-state index in [2.05, 4.69) is 15.0 Å². The third-order valence-corrected chi connectivity index (χ3v) is 3.41. The number of nitrogen functional groups attached to an aromatic ring is 2. The highest BCUT2D eigenvalue weighted by Crippen LogP contribution is 2.22. The second-order valence-electron chi connectivity index (χ2n) is 4.64. The summed E-state index contributed by atoms with van der Waals surface area (Å²) in [5.74, 6) is 0.408. The lowest BCUT2D eigenvalue weighted by Crippen LogP contribution is -2.01. The Bertz CT molecular complexity index is 872. The molecule has 0 atom stereocenters. The van der Waals surface area contributed by atoms with Gasteiger partial charge in [-0.1, -0.05) is 35.4 Å². The van der Waals surface area contributed by atoms with Crippen LogP contribution in [-0.2, 0) is 0 Å². The fourth-order valence-electron chi connectivity index (χ4n) is 2.02. The summed E-state index contributed by atoms with van der Waals surface area (Å²) in [6, 6.07) is 7.16. The lowest BCUT2D eigenvalue weighted by molar-refractivity contribution is 1.20. The van der Waals surface area contributed by atoms with Crippen molar-refractivity contribution < 1.29 is 0 Å². The Balaban J connectivity index is 1.98. The molecule has 1 aromatic carbocycles. The topological polar surface area (TPSA) is 90.7 Å². The van der Waals surface area contributed by atoms with Crippen molar-refractivity contribution in [1.29, 1.82) is 0 Å². The summed E-state index contributed by atoms with van der Waals surface area (Å²) in [6.07, 6.45) is 5.44. The summed E-state index contributed by atoms with van der Waals surface area (Å²) in [4.78, 5) is 12.2. The van der Waals surface area contributed by atoms with Crippen molar-refractivity contribution in [3.05, 3.63) is 51.6 Å². The standard InChI is InChI=1S/C15H11Cl2N5/c16-10-3-8(4-11(17)6-10)1-2-9-5-12-13(18)21-15(19)22-14(12)20-7-9/h1-7H,(H4,18,19,20,21,22)/b2-1+. The maximum atomic E-state index is 5.97. The molecule has 0 saturated heterocycles. The van der Waals surface area contributed by atoms with Gasteiger partial charge in [-0.15, -0.1) is 0 Å². The van der Waals surface area contributed by atoms with E-state index in [9.17, 15) is 0 Å². The minimum absolute atomic E-state index is 0.106. The lowest BCUT2D eigenvalue weighted by Gasteiger charge is -2.02. The number of nitrogens with two attached hydrogens (primary N) is 2. The van der Waals surface area contributed by atoms with Gasteiger partial charge in [0, 0.05) is 16.2 Å². The van der Waals surface area contributed by atoms with Crippen molar-refractivity contribution in [2.75, 3.05) is 11.5 Å². The van der Waals surface area contributed by atoms with Gasteiger partial charge in [0.2, 0.25) is 5.95 Å². The number of halogens is 2. The number of pyridine rings is 1. The number of rotatable bonds is 2. The predicted molar refractivity (Wildman–Crippen MR) is 91.5 cm³/mol. The molecule has 5 nitrogen and oxygen atoms in total. The quantitative estimate of drug-likeness (QED) is 0.747. The molecule has 3 aromatic rings. The molecule has 0 radical (unpaired) electrons. The third-order valence-electron chi connectivity index (χ3n) is 2.97. The van der Waals surface area contributed by atoms with Crippen molar-refractivity contribution in [2.24, 2.45) is 0 Å². The van der Waals surface area contributed by atoms with Crippen LogP contribution in [0, 0.1) is 0 Å². The Kier molecular flexibility index (Phi) is 3.83. The van der Waals surface area contributed by atoms with Gasteiger partial charge in [0.15, 0.2) is 5.65 Å². The van der Waals surface area contributed by atoms with E-state index >= 15 is 0 Å². The normalized spacial score (nSPS) is 11.4. The van der Waals surface area contributed by atoms with Gasteiger partial charge in [-0.3, -0.25) is 0 Å². The zero-order valence-corrected chi connectivity index (χ0v) is 12.8. The number of anilines is 2. The van der Waals surface area contributed by atoms with Crippen molar-refractivity contribution >= 4 is 58.2 Å². The molecular weight excluding hydrogens is 321 g/mol. The molecule has 0 aliphatic carbocycles. The summed E-state index contributed by atoms with van der Waals surface area (Å²) in [5, 5.41) is 1.81. The second kappa shape index (κ2) is 5.79. The molecule has 22 heavy (non-hydrogen) atoms. The molecule has 4 N–H and O–H groups in total. The molecule has 2 aromatic heterocycles. The molecule has 0 aliphatic heterocycles. The molecule has 0 unspecified atom stereocenters. The maximum Gasteiger partial charge on any atom is 0.224 e. The molecule has 0 bridgehead atoms. The first-order chi connectivity index (χ1) is 10.5. The van der Waals surface area contributed by atoms with Crippen LogP contribution in [0.3, 0.4) is 0 Å². The summed E-state index contributed by atoms with van der Waals surface area (Å²) >= 11 is 11.9. The van der Waals surface area contributed by atoms with Gasteiger partial charge in [0.05, 0.1) is 5.39 Å². The molecule has 0 amide bonds. The van der Waals surface area contributed by atoms with Crippen LogP contribution in [0.25, 0.3) is 23.2 Å². The summed E-state index contributed by atoms with van der Waals surface area (Å²) in [6.45, 7) is 0. The molecule has 3 rings (SSSR count). The number of nitrogens with zero attached hydrogens (tertiary/aromatic N) is 3. The number of benzene rings is 1. The van der Waals surface area contributed by atoms with E-state index < -0.39 is 0 Å². The Morgan fingerprint density at radius 3 is 2.27 bits per heavy atom. The lowest BCUT2D eigenvalue weighted by atomic mass is 10.1. The number of hydrogen-bond acceptors (Lipinski definition) is 5. The van der Waals surface area contributed by atoms with Crippen LogP contribution in [0.15, 0.2) is 30.5 Å². The first-order valence-corrected chi connectivity index (χ1v) is 7.10. The average molecular weight is 332 g/mol. The summed E-state index contributed by atoms with van der Waals surface area (Å²) in [7, 11) is 0. The molecule has 110 valence electrons. The number of hydrogen-bond donors (Lipinski definition) is 2. The highest BCUT2D eigenvalue weighted by Gasteiger charge is 2.04. The maximum absolute atomic E-state index is 5.97. The van der Waals surface area contributed by atoms with Crippen LogP contribution >= 0.6 is 23.2 Å². The van der Waals surface area contributed by atoms with Gasteiger partial charge < -0.3 is 11.5 Å². The molecule has 0 fully saturated rings. The Hall–Kier alpha value is -2.37. The minimum atomic E-state index is 0.106. The van der Waals surface area contributed by atoms with Crippen LogP contribution in [0.1, 0.15) is 11.1 Å². The van der Waals surface area contributed by atoms with Gasteiger partial charge >= 0.3 is 0 Å². The molecular formula is C15H11Cl2N5. The molecule has 0 aliphatic rings. The van der Waals surface area contributed by atoms with Crippen molar-refractivity contribution in [3.8, 4) is 0 Å². The molecule has 0 saturated carbocycles. The molecule has 0 spiro atoms. The predicted octanol–water partition coefficient (Wildman–Crippen LogP) is 3.67. The van der Waals surface area contributed by atoms with E-state index in [1.165, 1.54) is 0 Å². The van der Waals surface area contributed by atoms with E-state index in [0.29, 0.717) is 26.9 Å².